The zero-order chi connectivity index (χ0) is 25.1. The van der Waals surface area contributed by atoms with E-state index < -0.39 is 0 Å². The van der Waals surface area contributed by atoms with Gasteiger partial charge in [-0.3, -0.25) is 4.79 Å². The zero-order valence-electron chi connectivity index (χ0n) is 20.7. The Labute approximate surface area is 220 Å². The normalized spacial score (nSPS) is 13.9. The average Bonchev–Trinajstić information content (AvgIpc) is 3.31. The van der Waals surface area contributed by atoms with Crippen LogP contribution in [0, 0.1) is 0 Å². The van der Waals surface area contributed by atoms with E-state index in [4.69, 9.17) is 0 Å². The second-order valence-electron chi connectivity index (χ2n) is 10.2. The van der Waals surface area contributed by atoms with Crippen LogP contribution in [0.1, 0.15) is 40.9 Å². The van der Waals surface area contributed by atoms with E-state index in [9.17, 15) is 4.79 Å². The minimum atomic E-state index is -0.0932. The molecule has 0 aliphatic carbocycles. The van der Waals surface area contributed by atoms with Crippen LogP contribution < -0.4 is 4.90 Å². The summed E-state index contributed by atoms with van der Waals surface area (Å²) in [4.78, 5) is 15.8. The van der Waals surface area contributed by atoms with Gasteiger partial charge in [-0.05, 0) is 71.8 Å². The SMILES string of the molecule is CC1(C)c2ccccc2N(c2ccc(C(=O)c3ccc4sc5ccccc5c4c3)cc2)c2ccccc21. The number of benzene rings is 5. The van der Waals surface area contributed by atoms with Crippen molar-refractivity contribution in [3.63, 3.8) is 0 Å². The van der Waals surface area contributed by atoms with Gasteiger partial charge in [0.15, 0.2) is 5.78 Å². The Hall–Kier alpha value is -4.21. The quantitative estimate of drug-likeness (QED) is 0.228. The third-order valence-corrected chi connectivity index (χ3v) is 8.82. The number of anilines is 3. The number of nitrogens with zero attached hydrogens (tertiary/aromatic N) is 1. The van der Waals surface area contributed by atoms with Gasteiger partial charge in [0.25, 0.3) is 0 Å². The highest BCUT2D eigenvalue weighted by atomic mass is 32.1. The van der Waals surface area contributed by atoms with Crippen molar-refractivity contribution in [3.8, 4) is 0 Å². The summed E-state index contributed by atoms with van der Waals surface area (Å²) in [6, 6.07) is 39.7. The number of carbonyl (C=O) groups excluding carboxylic acids is 1. The summed E-state index contributed by atoms with van der Waals surface area (Å²) in [5.74, 6) is 0.0457. The number of thiophene rings is 1. The highest BCUT2D eigenvalue weighted by molar-refractivity contribution is 7.25. The lowest BCUT2D eigenvalue weighted by Crippen LogP contribution is -2.30. The molecular weight excluding hydrogens is 470 g/mol. The van der Waals surface area contributed by atoms with Gasteiger partial charge >= 0.3 is 0 Å². The molecule has 37 heavy (non-hydrogen) atoms. The molecule has 0 spiro atoms. The fraction of sp³-hybridized carbons (Fsp3) is 0.0882. The molecule has 3 heteroatoms. The molecule has 5 aromatic carbocycles. The van der Waals surface area contributed by atoms with E-state index in [0.29, 0.717) is 5.56 Å². The minimum absolute atomic E-state index is 0.0457. The van der Waals surface area contributed by atoms with Crippen molar-refractivity contribution >= 4 is 54.4 Å². The standard InChI is InChI=1S/C34H25NOS/c1-34(2)27-10-4-6-12-29(27)35(30-13-7-5-11-28(30)34)24-18-15-22(16-19-24)33(36)23-17-20-32-26(21-23)25-9-3-8-14-31(25)37-32/h3-21H,1-2H3. The van der Waals surface area contributed by atoms with Crippen LogP contribution in [-0.4, -0.2) is 5.78 Å². The molecule has 0 amide bonds. The number of hydrogen-bond donors (Lipinski definition) is 0. The molecule has 2 heterocycles. The fourth-order valence-corrected chi connectivity index (χ4v) is 6.83. The summed E-state index contributed by atoms with van der Waals surface area (Å²) in [5.41, 5.74) is 7.33. The second kappa shape index (κ2) is 8.16. The molecule has 1 aliphatic heterocycles. The van der Waals surface area contributed by atoms with E-state index >= 15 is 0 Å². The van der Waals surface area contributed by atoms with Crippen LogP contribution in [0.25, 0.3) is 20.2 Å². The maximum atomic E-state index is 13.5. The number of ketones is 1. The van der Waals surface area contributed by atoms with Gasteiger partial charge in [-0.1, -0.05) is 68.4 Å². The number of rotatable bonds is 3. The van der Waals surface area contributed by atoms with E-state index in [2.05, 4.69) is 110 Å². The van der Waals surface area contributed by atoms with Crippen LogP contribution in [0.4, 0.5) is 17.1 Å². The molecule has 1 aromatic heterocycles. The summed E-state index contributed by atoms with van der Waals surface area (Å²) < 4.78 is 2.45. The number of para-hydroxylation sites is 2. The fourth-order valence-electron chi connectivity index (χ4n) is 5.74. The molecule has 2 nitrogen and oxygen atoms in total. The first-order valence-electron chi connectivity index (χ1n) is 12.6. The highest BCUT2D eigenvalue weighted by Crippen LogP contribution is 2.51. The molecule has 0 bridgehead atoms. The Balaban J connectivity index is 1.28. The Bertz CT molecular complexity index is 1780. The van der Waals surface area contributed by atoms with Gasteiger partial charge in [-0.2, -0.15) is 0 Å². The van der Waals surface area contributed by atoms with E-state index in [1.807, 2.05) is 24.3 Å². The Morgan fingerprint density at radius 3 is 1.89 bits per heavy atom. The predicted molar refractivity (Wildman–Crippen MR) is 156 cm³/mol. The molecule has 0 fully saturated rings. The molecule has 0 saturated carbocycles. The van der Waals surface area contributed by atoms with Gasteiger partial charge in [0.05, 0.1) is 11.4 Å². The van der Waals surface area contributed by atoms with Crippen LogP contribution in [0.3, 0.4) is 0 Å². The summed E-state index contributed by atoms with van der Waals surface area (Å²) in [5, 5.41) is 2.35. The van der Waals surface area contributed by atoms with Gasteiger partial charge in [0.1, 0.15) is 0 Å². The van der Waals surface area contributed by atoms with Crippen LogP contribution in [0.15, 0.2) is 115 Å². The van der Waals surface area contributed by atoms with Crippen molar-refractivity contribution in [2.45, 2.75) is 19.3 Å². The van der Waals surface area contributed by atoms with Crippen molar-refractivity contribution < 1.29 is 4.79 Å². The lowest BCUT2D eigenvalue weighted by atomic mass is 9.73. The van der Waals surface area contributed by atoms with Crippen LogP contribution in [0.5, 0.6) is 0 Å². The van der Waals surface area contributed by atoms with Crippen LogP contribution >= 0.6 is 11.3 Å². The van der Waals surface area contributed by atoms with E-state index in [1.54, 1.807) is 11.3 Å². The minimum Gasteiger partial charge on any atom is -0.310 e. The largest absolute Gasteiger partial charge is 0.310 e. The van der Waals surface area contributed by atoms with Gasteiger partial charge in [-0.15, -0.1) is 11.3 Å². The molecule has 6 aromatic rings. The average molecular weight is 496 g/mol. The zero-order valence-corrected chi connectivity index (χ0v) is 21.5. The molecular formula is C34H25NOS. The summed E-state index contributed by atoms with van der Waals surface area (Å²) in [6.07, 6.45) is 0. The van der Waals surface area contributed by atoms with Gasteiger partial charge in [-0.25, -0.2) is 0 Å². The third kappa shape index (κ3) is 3.35. The number of fused-ring (bicyclic) bond motifs is 5. The van der Waals surface area contributed by atoms with Crippen molar-refractivity contribution in [1.29, 1.82) is 0 Å². The number of hydrogen-bond acceptors (Lipinski definition) is 3. The third-order valence-electron chi connectivity index (χ3n) is 7.66. The molecule has 7 rings (SSSR count). The maximum absolute atomic E-state index is 13.5. The molecule has 0 radical (unpaired) electrons. The predicted octanol–water partition coefficient (Wildman–Crippen LogP) is 9.39. The number of carbonyl (C=O) groups is 1. The molecule has 0 saturated heterocycles. The highest BCUT2D eigenvalue weighted by Gasteiger charge is 2.36. The molecule has 178 valence electrons. The molecule has 0 N–H and O–H groups in total. The Morgan fingerprint density at radius 1 is 0.622 bits per heavy atom. The second-order valence-corrected chi connectivity index (χ2v) is 11.3. The van der Waals surface area contributed by atoms with E-state index in [1.165, 1.54) is 37.3 Å². The van der Waals surface area contributed by atoms with Gasteiger partial charge < -0.3 is 4.90 Å². The summed E-state index contributed by atoms with van der Waals surface area (Å²) in [7, 11) is 0. The van der Waals surface area contributed by atoms with Crippen molar-refractivity contribution in [2.75, 3.05) is 4.90 Å². The molecule has 0 unspecified atom stereocenters. The monoisotopic (exact) mass is 495 g/mol. The van der Waals surface area contributed by atoms with Crippen LogP contribution in [0.2, 0.25) is 0 Å². The van der Waals surface area contributed by atoms with Gasteiger partial charge in [0.2, 0.25) is 0 Å². The first-order valence-corrected chi connectivity index (χ1v) is 13.4. The summed E-state index contributed by atoms with van der Waals surface area (Å²) >= 11 is 1.77. The topological polar surface area (TPSA) is 20.3 Å². The van der Waals surface area contributed by atoms with Crippen molar-refractivity contribution in [3.05, 3.63) is 138 Å². The van der Waals surface area contributed by atoms with Crippen molar-refractivity contribution in [2.24, 2.45) is 0 Å². The molecule has 1 aliphatic rings. The maximum Gasteiger partial charge on any atom is 0.193 e. The van der Waals surface area contributed by atoms with E-state index in [0.717, 1.165) is 16.6 Å². The van der Waals surface area contributed by atoms with Gasteiger partial charge in [0, 0.05) is 42.4 Å². The van der Waals surface area contributed by atoms with Crippen LogP contribution in [-0.2, 0) is 5.41 Å². The summed E-state index contributed by atoms with van der Waals surface area (Å²) in [6.45, 7) is 4.58. The lowest BCUT2D eigenvalue weighted by molar-refractivity contribution is 0.103. The molecule has 0 atom stereocenters. The van der Waals surface area contributed by atoms with E-state index in [-0.39, 0.29) is 11.2 Å². The van der Waals surface area contributed by atoms with Crippen molar-refractivity contribution in [1.82, 2.24) is 0 Å². The smallest absolute Gasteiger partial charge is 0.193 e. The Kier molecular flexibility index (Phi) is 4.85. The Morgan fingerprint density at radius 2 is 1.19 bits per heavy atom. The lowest BCUT2D eigenvalue weighted by Gasteiger charge is -2.42. The first-order chi connectivity index (χ1) is 18.0. The first kappa shape index (κ1) is 22.0.